The van der Waals surface area contributed by atoms with E-state index in [0.717, 1.165) is 19.0 Å². The number of nitrogens with two attached hydrogens (primary N) is 1. The normalized spacial score (nSPS) is 15.7. The minimum atomic E-state index is -0.593. The lowest BCUT2D eigenvalue weighted by molar-refractivity contribution is -0.385. The molecule has 1 fully saturated rings. The van der Waals surface area contributed by atoms with Crippen molar-refractivity contribution < 1.29 is 9.72 Å². The lowest BCUT2D eigenvalue weighted by Gasteiger charge is -2.17. The van der Waals surface area contributed by atoms with Gasteiger partial charge in [0.2, 0.25) is 0 Å². The van der Waals surface area contributed by atoms with E-state index in [4.69, 9.17) is 5.73 Å². The lowest BCUT2D eigenvalue weighted by Crippen LogP contribution is -2.35. The van der Waals surface area contributed by atoms with Gasteiger partial charge in [-0.1, -0.05) is 19.8 Å². The molecule has 1 aliphatic carbocycles. The van der Waals surface area contributed by atoms with Crippen LogP contribution in [0.3, 0.4) is 0 Å². The number of aromatic nitrogens is 1. The van der Waals surface area contributed by atoms with Crippen LogP contribution in [-0.4, -0.2) is 21.9 Å². The fourth-order valence-corrected chi connectivity index (χ4v) is 2.09. The van der Waals surface area contributed by atoms with Gasteiger partial charge >= 0.3 is 0 Å². The first-order chi connectivity index (χ1) is 9.51. The van der Waals surface area contributed by atoms with Crippen LogP contribution in [-0.2, 0) is 0 Å². The van der Waals surface area contributed by atoms with E-state index in [1.165, 1.54) is 18.9 Å². The second-order valence-electron chi connectivity index (χ2n) is 5.14. The van der Waals surface area contributed by atoms with Crippen LogP contribution >= 0.6 is 0 Å². The maximum atomic E-state index is 12.2. The van der Waals surface area contributed by atoms with Crippen LogP contribution in [0.2, 0.25) is 0 Å². The molecule has 0 saturated heterocycles. The van der Waals surface area contributed by atoms with Gasteiger partial charge in [0.25, 0.3) is 11.6 Å². The van der Waals surface area contributed by atoms with Crippen molar-refractivity contribution in [2.24, 2.45) is 5.92 Å². The van der Waals surface area contributed by atoms with Crippen LogP contribution in [0.5, 0.6) is 0 Å². The minimum absolute atomic E-state index is 0.00868. The van der Waals surface area contributed by atoms with Gasteiger partial charge in [-0.05, 0) is 18.8 Å². The van der Waals surface area contributed by atoms with Crippen LogP contribution in [0.1, 0.15) is 43.0 Å². The van der Waals surface area contributed by atoms with Gasteiger partial charge < -0.3 is 11.1 Å². The molecule has 1 aromatic rings. The Kier molecular flexibility index (Phi) is 4.16. The van der Waals surface area contributed by atoms with E-state index in [2.05, 4.69) is 10.3 Å². The Morgan fingerprint density at radius 3 is 2.90 bits per heavy atom. The molecule has 3 N–H and O–H groups in total. The van der Waals surface area contributed by atoms with Crippen molar-refractivity contribution in [3.8, 4) is 0 Å². The van der Waals surface area contributed by atoms with Gasteiger partial charge in [-0.25, -0.2) is 4.98 Å². The Morgan fingerprint density at radius 1 is 1.65 bits per heavy atom. The second-order valence-corrected chi connectivity index (χ2v) is 5.14. The van der Waals surface area contributed by atoms with E-state index in [-0.39, 0.29) is 23.1 Å². The van der Waals surface area contributed by atoms with E-state index in [1.54, 1.807) is 0 Å². The number of pyridine rings is 1. The zero-order valence-electron chi connectivity index (χ0n) is 11.3. The average Bonchev–Trinajstić information content (AvgIpc) is 3.21. The summed E-state index contributed by atoms with van der Waals surface area (Å²) in [6, 6.07) is 1.25. The number of nitrogens with one attached hydrogen (secondary N) is 1. The van der Waals surface area contributed by atoms with Crippen molar-refractivity contribution in [3.05, 3.63) is 27.9 Å². The molecule has 2 rings (SSSR count). The van der Waals surface area contributed by atoms with E-state index in [1.807, 2.05) is 6.92 Å². The molecular formula is C13H18N4O3. The third-order valence-electron chi connectivity index (χ3n) is 3.50. The molecule has 1 amide bonds. The Labute approximate surface area is 116 Å². The third kappa shape index (κ3) is 3.43. The smallest absolute Gasteiger partial charge is 0.288 e. The van der Waals surface area contributed by atoms with Gasteiger partial charge in [0.15, 0.2) is 0 Å². The van der Waals surface area contributed by atoms with Crippen molar-refractivity contribution in [1.82, 2.24) is 10.3 Å². The predicted molar refractivity (Wildman–Crippen MR) is 74.2 cm³/mol. The molecule has 0 radical (unpaired) electrons. The fourth-order valence-electron chi connectivity index (χ4n) is 2.09. The number of hydrogen-bond donors (Lipinski definition) is 2. The first-order valence-corrected chi connectivity index (χ1v) is 6.72. The van der Waals surface area contributed by atoms with E-state index < -0.39 is 10.8 Å². The Bertz CT molecular complexity index is 528. The Morgan fingerprint density at radius 2 is 2.35 bits per heavy atom. The highest BCUT2D eigenvalue weighted by atomic mass is 16.6. The summed E-state index contributed by atoms with van der Waals surface area (Å²) in [7, 11) is 0. The topological polar surface area (TPSA) is 111 Å². The van der Waals surface area contributed by atoms with Crippen LogP contribution in [0.25, 0.3) is 0 Å². The highest BCUT2D eigenvalue weighted by Crippen LogP contribution is 2.34. The summed E-state index contributed by atoms with van der Waals surface area (Å²) in [4.78, 5) is 26.0. The second kappa shape index (κ2) is 5.85. The molecule has 7 heteroatoms. The number of hydrogen-bond acceptors (Lipinski definition) is 5. The van der Waals surface area contributed by atoms with E-state index in [0.29, 0.717) is 5.92 Å². The summed E-state index contributed by atoms with van der Waals surface area (Å²) >= 11 is 0. The molecule has 0 aromatic carbocycles. The lowest BCUT2D eigenvalue weighted by atomic mass is 10.1. The molecule has 1 heterocycles. The van der Waals surface area contributed by atoms with Gasteiger partial charge in [-0.3, -0.25) is 14.9 Å². The van der Waals surface area contributed by atoms with Gasteiger partial charge in [0.1, 0.15) is 12.0 Å². The van der Waals surface area contributed by atoms with Crippen LogP contribution in [0.15, 0.2) is 12.3 Å². The molecule has 1 atom stereocenters. The molecule has 1 aromatic heterocycles. The van der Waals surface area contributed by atoms with E-state index >= 15 is 0 Å². The number of nitrogens with zero attached hydrogens (tertiary/aromatic N) is 2. The molecule has 0 spiro atoms. The Hall–Kier alpha value is -2.18. The summed E-state index contributed by atoms with van der Waals surface area (Å²) in [6.45, 7) is 2.00. The van der Waals surface area contributed by atoms with Gasteiger partial charge in [0.05, 0.1) is 10.5 Å². The zero-order chi connectivity index (χ0) is 14.7. The quantitative estimate of drug-likeness (QED) is 0.609. The van der Waals surface area contributed by atoms with E-state index in [9.17, 15) is 14.9 Å². The number of amides is 1. The summed E-state index contributed by atoms with van der Waals surface area (Å²) in [5, 5.41) is 13.6. The summed E-state index contributed by atoms with van der Waals surface area (Å²) < 4.78 is 0. The van der Waals surface area contributed by atoms with Gasteiger partial charge in [-0.15, -0.1) is 0 Å². The van der Waals surface area contributed by atoms with Crippen molar-refractivity contribution in [2.45, 2.75) is 38.6 Å². The SMILES string of the molecule is CCC(CC1CC1)NC(=O)c1cc([N+](=O)[O-])cnc1N. The summed E-state index contributed by atoms with van der Waals surface area (Å²) in [5.41, 5.74) is 5.45. The molecule has 0 bridgehead atoms. The van der Waals surface area contributed by atoms with Gasteiger partial charge in [-0.2, -0.15) is 0 Å². The standard InChI is InChI=1S/C13H18N4O3/c1-2-9(5-8-3-4-8)16-13(18)11-6-10(17(19)20)7-15-12(11)14/h6-9H,2-5H2,1H3,(H2,14,15)(H,16,18). The largest absolute Gasteiger partial charge is 0.383 e. The summed E-state index contributed by atoms with van der Waals surface area (Å²) in [6.07, 6.45) is 5.25. The molecule has 7 nitrogen and oxygen atoms in total. The minimum Gasteiger partial charge on any atom is -0.383 e. The number of nitro groups is 1. The van der Waals surface area contributed by atoms with Crippen LogP contribution in [0, 0.1) is 16.0 Å². The third-order valence-corrected chi connectivity index (χ3v) is 3.50. The molecule has 1 aliphatic rings. The number of anilines is 1. The molecule has 20 heavy (non-hydrogen) atoms. The van der Waals surface area contributed by atoms with Crippen LogP contribution in [0.4, 0.5) is 11.5 Å². The number of carbonyl (C=O) groups excluding carboxylic acids is 1. The van der Waals surface area contributed by atoms with Crippen molar-refractivity contribution >= 4 is 17.4 Å². The van der Waals surface area contributed by atoms with Gasteiger partial charge in [0, 0.05) is 12.1 Å². The average molecular weight is 278 g/mol. The highest BCUT2D eigenvalue weighted by Gasteiger charge is 2.26. The number of rotatable bonds is 6. The van der Waals surface area contributed by atoms with Crippen molar-refractivity contribution in [2.75, 3.05) is 5.73 Å². The monoisotopic (exact) mass is 278 g/mol. The van der Waals surface area contributed by atoms with Crippen molar-refractivity contribution in [3.63, 3.8) is 0 Å². The maximum absolute atomic E-state index is 12.2. The number of carbonyl (C=O) groups is 1. The van der Waals surface area contributed by atoms with Crippen molar-refractivity contribution in [1.29, 1.82) is 0 Å². The zero-order valence-corrected chi connectivity index (χ0v) is 11.3. The predicted octanol–water partition coefficient (Wildman–Crippen LogP) is 1.88. The highest BCUT2D eigenvalue weighted by molar-refractivity contribution is 5.99. The fraction of sp³-hybridized carbons (Fsp3) is 0.538. The maximum Gasteiger partial charge on any atom is 0.288 e. The molecule has 108 valence electrons. The van der Waals surface area contributed by atoms with Crippen LogP contribution < -0.4 is 11.1 Å². The number of nitrogen functional groups attached to an aromatic ring is 1. The molecular weight excluding hydrogens is 260 g/mol. The first-order valence-electron chi connectivity index (χ1n) is 6.72. The summed E-state index contributed by atoms with van der Waals surface area (Å²) in [5.74, 6) is 0.307. The Balaban J connectivity index is 2.10. The first kappa shape index (κ1) is 14.2. The molecule has 1 unspecified atom stereocenters. The molecule has 0 aliphatic heterocycles. The molecule has 1 saturated carbocycles.